The number of rotatable bonds is 6. The van der Waals surface area contributed by atoms with Crippen molar-refractivity contribution in [3.63, 3.8) is 0 Å². The van der Waals surface area contributed by atoms with E-state index in [0.717, 1.165) is 5.69 Å². The first kappa shape index (κ1) is 16.5. The molecule has 2 N–H and O–H groups in total. The molecule has 124 valence electrons. The zero-order valence-electron chi connectivity index (χ0n) is 13.1. The summed E-state index contributed by atoms with van der Waals surface area (Å²) in [5.74, 6) is -0.254. The maximum absolute atomic E-state index is 11.9. The van der Waals surface area contributed by atoms with E-state index < -0.39 is 9.84 Å². The first-order valence-corrected chi connectivity index (χ1v) is 9.39. The van der Waals surface area contributed by atoms with Gasteiger partial charge in [0.2, 0.25) is 0 Å². The summed E-state index contributed by atoms with van der Waals surface area (Å²) in [5.41, 5.74) is 2.04. The summed E-state index contributed by atoms with van der Waals surface area (Å²) in [4.78, 5) is 0.229. The van der Waals surface area contributed by atoms with Crippen LogP contribution in [0.2, 0.25) is 0 Å². The van der Waals surface area contributed by atoms with E-state index in [0.29, 0.717) is 6.54 Å². The third-order valence-corrected chi connectivity index (χ3v) is 5.65. The normalized spacial score (nSPS) is 11.5. The Morgan fingerprint density at radius 3 is 2.33 bits per heavy atom. The van der Waals surface area contributed by atoms with Crippen LogP contribution >= 0.6 is 0 Å². The number of aliphatic hydroxyl groups is 1. The monoisotopic (exact) mass is 341 g/mol. The fraction of sp³-hybridized carbons (Fsp3) is 0.158. The zero-order valence-corrected chi connectivity index (χ0v) is 14.0. The first-order chi connectivity index (χ1) is 11.6. The Labute approximate surface area is 141 Å². The lowest BCUT2D eigenvalue weighted by Crippen LogP contribution is -2.10. The van der Waals surface area contributed by atoms with Gasteiger partial charge in [-0.05, 0) is 40.6 Å². The van der Waals surface area contributed by atoms with Crippen LogP contribution in [0, 0.1) is 0 Å². The molecular weight excluding hydrogens is 322 g/mol. The van der Waals surface area contributed by atoms with Gasteiger partial charge in [-0.15, -0.1) is 0 Å². The van der Waals surface area contributed by atoms with Crippen LogP contribution in [0.1, 0.15) is 5.56 Å². The third-order valence-electron chi connectivity index (χ3n) is 3.94. The number of sulfone groups is 1. The Kier molecular flexibility index (Phi) is 4.83. The Morgan fingerprint density at radius 2 is 1.58 bits per heavy atom. The highest BCUT2D eigenvalue weighted by molar-refractivity contribution is 7.91. The van der Waals surface area contributed by atoms with E-state index in [9.17, 15) is 8.42 Å². The molecule has 0 amide bonds. The average molecular weight is 341 g/mol. The van der Waals surface area contributed by atoms with Gasteiger partial charge in [-0.3, -0.25) is 0 Å². The number of fused-ring (bicyclic) bond motifs is 1. The molecular formula is C19H19NO3S. The fourth-order valence-electron chi connectivity index (χ4n) is 2.66. The van der Waals surface area contributed by atoms with Crippen LogP contribution in [0.3, 0.4) is 0 Å². The van der Waals surface area contributed by atoms with Gasteiger partial charge < -0.3 is 10.4 Å². The molecule has 0 saturated heterocycles. The molecule has 0 aliphatic heterocycles. The predicted octanol–water partition coefficient (Wildman–Crippen LogP) is 3.22. The molecule has 0 heterocycles. The summed E-state index contributed by atoms with van der Waals surface area (Å²) in [6.07, 6.45) is 0. The molecule has 24 heavy (non-hydrogen) atoms. The van der Waals surface area contributed by atoms with Crippen molar-refractivity contribution in [3.05, 3.63) is 72.3 Å². The van der Waals surface area contributed by atoms with Crippen molar-refractivity contribution in [1.29, 1.82) is 0 Å². The summed E-state index contributed by atoms with van der Waals surface area (Å²) in [7, 11) is -3.40. The van der Waals surface area contributed by atoms with Gasteiger partial charge >= 0.3 is 0 Å². The largest absolute Gasteiger partial charge is 0.395 e. The van der Waals surface area contributed by atoms with Crippen molar-refractivity contribution in [3.8, 4) is 0 Å². The molecule has 5 heteroatoms. The Balaban J connectivity index is 1.75. The molecule has 0 bridgehead atoms. The van der Waals surface area contributed by atoms with Gasteiger partial charge in [0.25, 0.3) is 0 Å². The quantitative estimate of drug-likeness (QED) is 0.722. The van der Waals surface area contributed by atoms with Gasteiger partial charge in [-0.25, -0.2) is 8.42 Å². The predicted molar refractivity (Wildman–Crippen MR) is 96.9 cm³/mol. The van der Waals surface area contributed by atoms with Gasteiger partial charge in [0.05, 0.1) is 17.3 Å². The van der Waals surface area contributed by atoms with Crippen LogP contribution in [0.15, 0.2) is 71.6 Å². The van der Waals surface area contributed by atoms with Crippen LogP contribution in [0.5, 0.6) is 0 Å². The van der Waals surface area contributed by atoms with E-state index in [1.807, 2.05) is 18.2 Å². The van der Waals surface area contributed by atoms with Gasteiger partial charge in [-0.1, -0.05) is 42.5 Å². The molecule has 0 fully saturated rings. The lowest BCUT2D eigenvalue weighted by Gasteiger charge is -2.10. The minimum Gasteiger partial charge on any atom is -0.395 e. The molecule has 3 aromatic carbocycles. The molecule has 0 aliphatic rings. The fourth-order valence-corrected chi connectivity index (χ4v) is 3.69. The smallest absolute Gasteiger partial charge is 0.180 e. The van der Waals surface area contributed by atoms with Crippen LogP contribution in [-0.2, 0) is 16.4 Å². The van der Waals surface area contributed by atoms with Crippen molar-refractivity contribution in [2.75, 3.05) is 17.7 Å². The summed E-state index contributed by atoms with van der Waals surface area (Å²) >= 11 is 0. The van der Waals surface area contributed by atoms with Crippen molar-refractivity contribution in [2.45, 2.75) is 11.4 Å². The molecule has 0 atom stereocenters. The van der Waals surface area contributed by atoms with E-state index in [4.69, 9.17) is 5.11 Å². The van der Waals surface area contributed by atoms with Gasteiger partial charge in [0.15, 0.2) is 9.84 Å². The van der Waals surface area contributed by atoms with Gasteiger partial charge in [0, 0.05) is 12.2 Å². The summed E-state index contributed by atoms with van der Waals surface area (Å²) < 4.78 is 23.8. The second-order valence-corrected chi connectivity index (χ2v) is 7.67. The van der Waals surface area contributed by atoms with Crippen molar-refractivity contribution in [1.82, 2.24) is 0 Å². The summed E-state index contributed by atoms with van der Waals surface area (Å²) in [6.45, 7) is 0.285. The number of hydrogen-bond donors (Lipinski definition) is 2. The van der Waals surface area contributed by atoms with Gasteiger partial charge in [0.1, 0.15) is 0 Å². The summed E-state index contributed by atoms with van der Waals surface area (Å²) in [6, 6.07) is 21.0. The Bertz CT molecular complexity index is 929. The van der Waals surface area contributed by atoms with E-state index >= 15 is 0 Å². The van der Waals surface area contributed by atoms with Gasteiger partial charge in [-0.2, -0.15) is 0 Å². The van der Waals surface area contributed by atoms with E-state index in [2.05, 4.69) is 29.6 Å². The molecule has 0 aliphatic carbocycles. The molecule has 0 aromatic heterocycles. The number of anilines is 1. The van der Waals surface area contributed by atoms with Crippen molar-refractivity contribution < 1.29 is 13.5 Å². The first-order valence-electron chi connectivity index (χ1n) is 7.74. The molecule has 0 radical (unpaired) electrons. The standard InChI is InChI=1S/C19H19NO3S/c21-12-13-24(22,23)18-10-8-17(9-11-18)20-14-16-6-3-5-15-4-1-2-7-19(15)16/h1-11,20-21H,12-14H2. The topological polar surface area (TPSA) is 66.4 Å². The maximum atomic E-state index is 11.9. The van der Waals surface area contributed by atoms with Crippen LogP contribution < -0.4 is 5.32 Å². The Hall–Kier alpha value is -2.37. The van der Waals surface area contributed by atoms with E-state index in [-0.39, 0.29) is 17.3 Å². The molecule has 3 aromatic rings. The second kappa shape index (κ2) is 7.03. The van der Waals surface area contributed by atoms with Crippen molar-refractivity contribution in [2.24, 2.45) is 0 Å². The van der Waals surface area contributed by atoms with Crippen LogP contribution in [-0.4, -0.2) is 25.9 Å². The van der Waals surface area contributed by atoms with E-state index in [1.54, 1.807) is 24.3 Å². The minimum absolute atomic E-state index is 0.229. The molecule has 4 nitrogen and oxygen atoms in total. The molecule has 3 rings (SSSR count). The number of hydrogen-bond acceptors (Lipinski definition) is 4. The van der Waals surface area contributed by atoms with E-state index in [1.165, 1.54) is 16.3 Å². The summed E-state index contributed by atoms with van der Waals surface area (Å²) in [5, 5.41) is 14.5. The van der Waals surface area contributed by atoms with Crippen LogP contribution in [0.4, 0.5) is 5.69 Å². The lowest BCUT2D eigenvalue weighted by molar-refractivity contribution is 0.319. The second-order valence-electron chi connectivity index (χ2n) is 5.56. The molecule has 0 saturated carbocycles. The molecule has 0 unspecified atom stereocenters. The SMILES string of the molecule is O=S(=O)(CCO)c1ccc(NCc2cccc3ccccc23)cc1. The minimum atomic E-state index is -3.40. The highest BCUT2D eigenvalue weighted by Crippen LogP contribution is 2.20. The van der Waals surface area contributed by atoms with Crippen LogP contribution in [0.25, 0.3) is 10.8 Å². The highest BCUT2D eigenvalue weighted by Gasteiger charge is 2.13. The third kappa shape index (κ3) is 3.58. The zero-order chi connectivity index (χ0) is 17.0. The average Bonchev–Trinajstić information content (AvgIpc) is 2.60. The molecule has 0 spiro atoms. The Morgan fingerprint density at radius 1 is 0.875 bits per heavy atom. The maximum Gasteiger partial charge on any atom is 0.180 e. The van der Waals surface area contributed by atoms with Crippen molar-refractivity contribution >= 4 is 26.3 Å². The number of benzene rings is 3. The number of nitrogens with one attached hydrogen (secondary N) is 1. The highest BCUT2D eigenvalue weighted by atomic mass is 32.2. The lowest BCUT2D eigenvalue weighted by atomic mass is 10.0. The number of aliphatic hydroxyl groups excluding tert-OH is 1.